The largest absolute Gasteiger partial charge is 0.381 e. The van der Waals surface area contributed by atoms with Crippen LogP contribution < -0.4 is 5.32 Å². The molecule has 0 atom stereocenters. The lowest BCUT2D eigenvalue weighted by molar-refractivity contribution is 0.185. The van der Waals surface area contributed by atoms with Gasteiger partial charge in [-0.25, -0.2) is 8.78 Å². The second kappa shape index (κ2) is 6.29. The van der Waals surface area contributed by atoms with Crippen LogP contribution in [0.15, 0.2) is 42.5 Å². The van der Waals surface area contributed by atoms with E-state index in [-0.39, 0.29) is 6.54 Å². The summed E-state index contributed by atoms with van der Waals surface area (Å²) in [4.78, 5) is 0. The lowest BCUT2D eigenvalue weighted by Gasteiger charge is -2.09. The van der Waals surface area contributed by atoms with E-state index in [1.807, 2.05) is 24.3 Å². The molecule has 2 aromatic carbocycles. The van der Waals surface area contributed by atoms with Crippen LogP contribution in [0.3, 0.4) is 0 Å². The van der Waals surface area contributed by atoms with Crippen LogP contribution in [0.4, 0.5) is 14.5 Å². The molecule has 0 spiro atoms. The molecule has 0 saturated heterocycles. The van der Waals surface area contributed by atoms with Crippen molar-refractivity contribution in [1.82, 2.24) is 0 Å². The molecule has 0 unspecified atom stereocenters. The van der Waals surface area contributed by atoms with Gasteiger partial charge in [0.05, 0.1) is 6.61 Å². The van der Waals surface area contributed by atoms with E-state index in [1.165, 1.54) is 6.07 Å². The quantitative estimate of drug-likeness (QED) is 0.887. The van der Waals surface area contributed by atoms with Crippen molar-refractivity contribution in [3.63, 3.8) is 0 Å². The molecule has 0 heterocycles. The smallest absolute Gasteiger partial charge is 0.128 e. The zero-order valence-electron chi connectivity index (χ0n) is 10.6. The molecule has 19 heavy (non-hydrogen) atoms. The zero-order valence-corrected chi connectivity index (χ0v) is 10.6. The van der Waals surface area contributed by atoms with Crippen LogP contribution in [0, 0.1) is 11.6 Å². The molecule has 2 rings (SSSR count). The number of methoxy groups -OCH3 is 1. The summed E-state index contributed by atoms with van der Waals surface area (Å²) in [6.07, 6.45) is 0. The Morgan fingerprint density at radius 1 is 1.11 bits per heavy atom. The lowest BCUT2D eigenvalue weighted by Crippen LogP contribution is -2.03. The molecule has 0 aliphatic heterocycles. The Balaban J connectivity index is 2.05. The van der Waals surface area contributed by atoms with Crippen molar-refractivity contribution in [2.75, 3.05) is 12.4 Å². The van der Waals surface area contributed by atoms with Gasteiger partial charge in [-0.05, 0) is 35.9 Å². The molecule has 1 N–H and O–H groups in total. The topological polar surface area (TPSA) is 21.3 Å². The standard InChI is InChI=1S/C15H15F2NO/c1-19-10-11-3-2-4-14(7-11)18-9-12-8-13(16)5-6-15(12)17/h2-8,18H,9-10H2,1H3. The lowest BCUT2D eigenvalue weighted by atomic mass is 10.2. The minimum atomic E-state index is -0.439. The van der Waals surface area contributed by atoms with Gasteiger partial charge >= 0.3 is 0 Å². The Morgan fingerprint density at radius 2 is 1.95 bits per heavy atom. The van der Waals surface area contributed by atoms with Crippen LogP contribution in [0.1, 0.15) is 11.1 Å². The fourth-order valence-corrected chi connectivity index (χ4v) is 1.81. The summed E-state index contributed by atoms with van der Waals surface area (Å²) in [6.45, 7) is 0.754. The summed E-state index contributed by atoms with van der Waals surface area (Å²) in [6, 6.07) is 11.1. The Morgan fingerprint density at radius 3 is 2.74 bits per heavy atom. The molecular formula is C15H15F2NO. The third-order valence-corrected chi connectivity index (χ3v) is 2.73. The number of rotatable bonds is 5. The van der Waals surface area contributed by atoms with Crippen molar-refractivity contribution in [3.05, 3.63) is 65.2 Å². The molecule has 0 fully saturated rings. The van der Waals surface area contributed by atoms with Crippen molar-refractivity contribution in [2.45, 2.75) is 13.2 Å². The first-order valence-corrected chi connectivity index (χ1v) is 5.94. The number of nitrogens with one attached hydrogen (secondary N) is 1. The van der Waals surface area contributed by atoms with E-state index in [2.05, 4.69) is 5.32 Å². The van der Waals surface area contributed by atoms with Crippen LogP contribution in [0.5, 0.6) is 0 Å². The van der Waals surface area contributed by atoms with Gasteiger partial charge in [0.15, 0.2) is 0 Å². The summed E-state index contributed by atoms with van der Waals surface area (Å²) in [5, 5.41) is 3.07. The minimum Gasteiger partial charge on any atom is -0.381 e. The second-order valence-electron chi connectivity index (χ2n) is 4.22. The van der Waals surface area contributed by atoms with Gasteiger partial charge in [-0.15, -0.1) is 0 Å². The highest BCUT2D eigenvalue weighted by Gasteiger charge is 2.04. The summed E-state index contributed by atoms with van der Waals surface area (Å²) >= 11 is 0. The summed E-state index contributed by atoms with van der Waals surface area (Å²) in [5.74, 6) is -0.853. The Hall–Kier alpha value is -1.94. The number of anilines is 1. The number of hydrogen-bond acceptors (Lipinski definition) is 2. The first-order valence-electron chi connectivity index (χ1n) is 5.94. The number of ether oxygens (including phenoxy) is 1. The summed E-state index contributed by atoms with van der Waals surface area (Å²) in [5.41, 5.74) is 2.17. The fraction of sp³-hybridized carbons (Fsp3) is 0.200. The van der Waals surface area contributed by atoms with Gasteiger partial charge < -0.3 is 10.1 Å². The maximum Gasteiger partial charge on any atom is 0.128 e. The van der Waals surface area contributed by atoms with Crippen LogP contribution in [-0.2, 0) is 17.9 Å². The van der Waals surface area contributed by atoms with E-state index in [1.54, 1.807) is 7.11 Å². The van der Waals surface area contributed by atoms with Crippen LogP contribution in [-0.4, -0.2) is 7.11 Å². The summed E-state index contributed by atoms with van der Waals surface area (Å²) < 4.78 is 31.5. The summed E-state index contributed by atoms with van der Waals surface area (Å²) in [7, 11) is 1.63. The molecule has 0 radical (unpaired) electrons. The van der Waals surface area contributed by atoms with E-state index in [9.17, 15) is 8.78 Å². The molecule has 2 aromatic rings. The van der Waals surface area contributed by atoms with E-state index in [4.69, 9.17) is 4.74 Å². The van der Waals surface area contributed by atoms with E-state index in [0.29, 0.717) is 12.2 Å². The Labute approximate surface area is 111 Å². The van der Waals surface area contributed by atoms with Crippen molar-refractivity contribution in [3.8, 4) is 0 Å². The monoisotopic (exact) mass is 263 g/mol. The third kappa shape index (κ3) is 3.76. The van der Waals surface area contributed by atoms with Gasteiger partial charge in [0.1, 0.15) is 11.6 Å². The number of hydrogen-bond donors (Lipinski definition) is 1. The molecule has 0 aliphatic carbocycles. The third-order valence-electron chi connectivity index (χ3n) is 2.73. The highest BCUT2D eigenvalue weighted by atomic mass is 19.1. The molecule has 0 bridgehead atoms. The van der Waals surface area contributed by atoms with E-state index >= 15 is 0 Å². The number of benzene rings is 2. The van der Waals surface area contributed by atoms with Gasteiger partial charge in [-0.2, -0.15) is 0 Å². The first kappa shape index (κ1) is 13.5. The fourth-order valence-electron chi connectivity index (χ4n) is 1.81. The van der Waals surface area contributed by atoms with Crippen molar-refractivity contribution < 1.29 is 13.5 Å². The highest BCUT2D eigenvalue weighted by Crippen LogP contribution is 2.15. The molecule has 0 aromatic heterocycles. The average molecular weight is 263 g/mol. The normalized spacial score (nSPS) is 10.5. The second-order valence-corrected chi connectivity index (χ2v) is 4.22. The zero-order chi connectivity index (χ0) is 13.7. The van der Waals surface area contributed by atoms with Gasteiger partial charge in [0, 0.05) is 24.9 Å². The van der Waals surface area contributed by atoms with Crippen LogP contribution in [0.25, 0.3) is 0 Å². The molecular weight excluding hydrogens is 248 g/mol. The van der Waals surface area contributed by atoms with Gasteiger partial charge in [0.25, 0.3) is 0 Å². The van der Waals surface area contributed by atoms with Gasteiger partial charge in [-0.3, -0.25) is 0 Å². The Bertz CT molecular complexity index is 558. The van der Waals surface area contributed by atoms with Crippen LogP contribution >= 0.6 is 0 Å². The molecule has 100 valence electrons. The van der Waals surface area contributed by atoms with Crippen molar-refractivity contribution >= 4 is 5.69 Å². The van der Waals surface area contributed by atoms with E-state index in [0.717, 1.165) is 23.4 Å². The van der Waals surface area contributed by atoms with Crippen LogP contribution in [0.2, 0.25) is 0 Å². The molecule has 0 saturated carbocycles. The van der Waals surface area contributed by atoms with E-state index < -0.39 is 11.6 Å². The number of halogens is 2. The van der Waals surface area contributed by atoms with Crippen molar-refractivity contribution in [1.29, 1.82) is 0 Å². The Kier molecular flexibility index (Phi) is 4.47. The molecule has 4 heteroatoms. The van der Waals surface area contributed by atoms with Gasteiger partial charge in [-0.1, -0.05) is 12.1 Å². The molecule has 0 amide bonds. The maximum absolute atomic E-state index is 13.4. The van der Waals surface area contributed by atoms with Gasteiger partial charge in [0.2, 0.25) is 0 Å². The average Bonchev–Trinajstić information content (AvgIpc) is 2.41. The predicted octanol–water partition coefficient (Wildman–Crippen LogP) is 3.72. The molecule has 2 nitrogen and oxygen atoms in total. The SMILES string of the molecule is COCc1cccc(NCc2cc(F)ccc2F)c1. The van der Waals surface area contributed by atoms with Crippen molar-refractivity contribution in [2.24, 2.45) is 0 Å². The first-order chi connectivity index (χ1) is 9.19. The maximum atomic E-state index is 13.4. The highest BCUT2D eigenvalue weighted by molar-refractivity contribution is 5.46. The minimum absolute atomic E-state index is 0.236. The predicted molar refractivity (Wildman–Crippen MR) is 70.8 cm³/mol. The molecule has 0 aliphatic rings.